The fourth-order valence-corrected chi connectivity index (χ4v) is 1.12. The molecular weight excluding hydrogens is 443 g/mol. The molecule has 0 aromatic carbocycles. The summed E-state index contributed by atoms with van der Waals surface area (Å²) in [5, 5.41) is 0. The molecule has 0 N–H and O–H groups in total. The van der Waals surface area contributed by atoms with Crippen LogP contribution >= 0.6 is 0 Å². The molecule has 4 nitrogen and oxygen atoms in total. The molecule has 0 aromatic heterocycles. The van der Waals surface area contributed by atoms with Crippen LogP contribution in [-0.4, -0.2) is 42.2 Å². The zero-order valence-electron chi connectivity index (χ0n) is 12.5. The molecule has 0 aliphatic carbocycles. The van der Waals surface area contributed by atoms with Crippen LogP contribution in [0.25, 0.3) is 0 Å². The fraction of sp³-hybridized carbons (Fsp3) is 0.545. The molecule has 0 spiro atoms. The van der Waals surface area contributed by atoms with E-state index in [0.29, 0.717) is 0 Å². The van der Waals surface area contributed by atoms with Crippen molar-refractivity contribution < 1.29 is 76.1 Å². The minimum atomic E-state index is -7.40. The van der Waals surface area contributed by atoms with Gasteiger partial charge in [-0.3, -0.25) is 9.47 Å². The van der Waals surface area contributed by atoms with Crippen molar-refractivity contribution in [1.29, 1.82) is 0 Å². The van der Waals surface area contributed by atoms with Crippen LogP contribution in [0.1, 0.15) is 0 Å². The molecule has 0 aromatic rings. The van der Waals surface area contributed by atoms with Crippen LogP contribution in [0, 0.1) is 0 Å². The van der Waals surface area contributed by atoms with Crippen molar-refractivity contribution in [3.05, 3.63) is 25.2 Å². The quantitative estimate of drug-likeness (QED) is 0.303. The molecule has 0 heterocycles. The summed E-state index contributed by atoms with van der Waals surface area (Å²) in [7, 11) is 0. The number of carbonyl (C=O) groups is 1. The van der Waals surface area contributed by atoms with Crippen molar-refractivity contribution in [2.24, 2.45) is 0 Å². The van der Waals surface area contributed by atoms with E-state index in [9.17, 15) is 61.9 Å². The van der Waals surface area contributed by atoms with Gasteiger partial charge in [0.15, 0.2) is 5.83 Å². The van der Waals surface area contributed by atoms with E-state index in [-0.39, 0.29) is 6.26 Å². The lowest BCUT2D eigenvalue weighted by Crippen LogP contribution is -2.65. The highest BCUT2D eigenvalue weighted by Gasteiger charge is 2.82. The van der Waals surface area contributed by atoms with E-state index in [0.717, 1.165) is 0 Å². The number of esters is 1. The van der Waals surface area contributed by atoms with Gasteiger partial charge in [-0.2, -0.15) is 52.7 Å². The maximum absolute atomic E-state index is 13.7. The Hall–Kier alpha value is -2.04. The Kier molecular flexibility index (Phi) is 6.87. The number of hydrogen-bond acceptors (Lipinski definition) is 4. The highest BCUT2D eigenvalue weighted by molar-refractivity contribution is 5.79. The minimum Gasteiger partial charge on any atom is -0.431 e. The lowest BCUT2D eigenvalue weighted by Gasteiger charge is -2.38. The Balaban J connectivity index is 6.46. The van der Waals surface area contributed by atoms with Gasteiger partial charge in [-0.05, 0) is 0 Å². The summed E-state index contributed by atoms with van der Waals surface area (Å²) < 4.78 is 174. The SMILES string of the molecule is C=COC(=O)C(F)(OC(F)(F)C(F)(OC(F)(F)C(=C)F)C(F)(F)F)C(F)(F)F. The second kappa shape index (κ2) is 7.41. The third kappa shape index (κ3) is 4.68. The molecule has 0 saturated heterocycles. The van der Waals surface area contributed by atoms with Crippen LogP contribution in [0.5, 0.6) is 0 Å². The first kappa shape index (κ1) is 26.0. The Bertz CT molecular complexity index is 625. The van der Waals surface area contributed by atoms with Gasteiger partial charge in [-0.1, -0.05) is 13.2 Å². The Morgan fingerprint density at radius 1 is 0.786 bits per heavy atom. The third-order valence-electron chi connectivity index (χ3n) is 2.41. The summed E-state index contributed by atoms with van der Waals surface area (Å²) >= 11 is 0. The number of rotatable bonds is 8. The monoisotopic (exact) mass is 448 g/mol. The number of hydrogen-bond donors (Lipinski definition) is 0. The van der Waals surface area contributed by atoms with Crippen molar-refractivity contribution >= 4 is 5.97 Å². The highest BCUT2D eigenvalue weighted by atomic mass is 19.4. The zero-order chi connectivity index (χ0) is 23.0. The number of carbonyl (C=O) groups excluding carboxylic acids is 1. The summed E-state index contributed by atoms with van der Waals surface area (Å²) in [6.07, 6.45) is -28.3. The van der Waals surface area contributed by atoms with Crippen LogP contribution in [0.3, 0.4) is 0 Å². The maximum atomic E-state index is 13.7. The van der Waals surface area contributed by atoms with Crippen LogP contribution in [-0.2, 0) is 19.0 Å². The predicted molar refractivity (Wildman–Crippen MR) is 58.4 cm³/mol. The van der Waals surface area contributed by atoms with Gasteiger partial charge in [0.25, 0.3) is 0 Å². The molecule has 17 heteroatoms. The number of alkyl halides is 12. The van der Waals surface area contributed by atoms with Gasteiger partial charge in [-0.25, -0.2) is 9.18 Å². The third-order valence-corrected chi connectivity index (χ3v) is 2.41. The maximum Gasteiger partial charge on any atom is 0.460 e. The molecular formula is C11H5F13O4. The molecule has 2 atom stereocenters. The van der Waals surface area contributed by atoms with E-state index >= 15 is 0 Å². The van der Waals surface area contributed by atoms with Crippen molar-refractivity contribution in [2.75, 3.05) is 0 Å². The predicted octanol–water partition coefficient (Wildman–Crippen LogP) is 4.83. The number of ether oxygens (including phenoxy) is 3. The van der Waals surface area contributed by atoms with E-state index < -0.39 is 48.1 Å². The van der Waals surface area contributed by atoms with Gasteiger partial charge in [0.2, 0.25) is 0 Å². The average Bonchev–Trinajstić information content (AvgIpc) is 2.43. The average molecular weight is 448 g/mol. The van der Waals surface area contributed by atoms with Crippen molar-refractivity contribution in [2.45, 2.75) is 36.3 Å². The molecule has 0 radical (unpaired) electrons. The van der Waals surface area contributed by atoms with Gasteiger partial charge in [0.05, 0.1) is 6.26 Å². The zero-order valence-corrected chi connectivity index (χ0v) is 12.5. The Morgan fingerprint density at radius 3 is 1.50 bits per heavy atom. The molecule has 2 unspecified atom stereocenters. The second-order valence-electron chi connectivity index (χ2n) is 4.40. The molecule has 0 aliphatic rings. The van der Waals surface area contributed by atoms with Gasteiger partial charge < -0.3 is 4.74 Å². The first-order valence-electron chi connectivity index (χ1n) is 5.93. The molecule has 28 heavy (non-hydrogen) atoms. The molecule has 0 bridgehead atoms. The largest absolute Gasteiger partial charge is 0.460 e. The first-order valence-corrected chi connectivity index (χ1v) is 5.93. The molecule has 0 aliphatic heterocycles. The van der Waals surface area contributed by atoms with Gasteiger partial charge in [-0.15, -0.1) is 0 Å². The standard InChI is InChI=1S/C11H5F13O4/c1-3-26-5(25)6(13,9(17,18)19)27-11(23,24)8(16,10(20,21)22)28-7(14,15)4(2)12/h3H,1-2H2. The Morgan fingerprint density at radius 2 is 1.21 bits per heavy atom. The van der Waals surface area contributed by atoms with E-state index in [1.54, 1.807) is 6.58 Å². The topological polar surface area (TPSA) is 44.8 Å². The molecule has 0 rings (SSSR count). The summed E-state index contributed by atoms with van der Waals surface area (Å²) in [6, 6.07) is 0. The Labute approximate surface area is 145 Å². The summed E-state index contributed by atoms with van der Waals surface area (Å²) in [5.74, 6) is -20.7. The number of halogens is 13. The van der Waals surface area contributed by atoms with Crippen LogP contribution < -0.4 is 0 Å². The normalized spacial score (nSPS) is 18.0. The summed E-state index contributed by atoms with van der Waals surface area (Å²) in [4.78, 5) is 10.8. The van der Waals surface area contributed by atoms with Crippen molar-refractivity contribution in [3.8, 4) is 0 Å². The fourth-order valence-electron chi connectivity index (χ4n) is 1.12. The first-order chi connectivity index (χ1) is 12.1. The molecule has 0 amide bonds. The summed E-state index contributed by atoms with van der Waals surface area (Å²) in [6.45, 7) is 4.04. The second-order valence-corrected chi connectivity index (χ2v) is 4.40. The van der Waals surface area contributed by atoms with Gasteiger partial charge in [0.1, 0.15) is 0 Å². The van der Waals surface area contributed by atoms with Crippen LogP contribution in [0.4, 0.5) is 57.1 Å². The smallest absolute Gasteiger partial charge is 0.431 e. The van der Waals surface area contributed by atoms with Crippen LogP contribution in [0.2, 0.25) is 0 Å². The van der Waals surface area contributed by atoms with E-state index in [1.807, 2.05) is 9.47 Å². The van der Waals surface area contributed by atoms with Crippen LogP contribution in [0.15, 0.2) is 25.2 Å². The van der Waals surface area contributed by atoms with Gasteiger partial charge in [0, 0.05) is 0 Å². The molecule has 0 fully saturated rings. The van der Waals surface area contributed by atoms with Crippen molar-refractivity contribution in [3.63, 3.8) is 0 Å². The minimum absolute atomic E-state index is 0.325. The van der Waals surface area contributed by atoms with E-state index in [1.165, 1.54) is 0 Å². The van der Waals surface area contributed by atoms with E-state index in [4.69, 9.17) is 0 Å². The van der Waals surface area contributed by atoms with E-state index in [2.05, 4.69) is 11.3 Å². The lowest BCUT2D eigenvalue weighted by molar-refractivity contribution is -0.522. The summed E-state index contributed by atoms with van der Waals surface area (Å²) in [5.41, 5.74) is 0. The van der Waals surface area contributed by atoms with Crippen molar-refractivity contribution in [1.82, 2.24) is 0 Å². The highest BCUT2D eigenvalue weighted by Crippen LogP contribution is 2.53. The molecule has 0 saturated carbocycles. The lowest BCUT2D eigenvalue weighted by atomic mass is 10.2. The molecule has 164 valence electrons. The van der Waals surface area contributed by atoms with Gasteiger partial charge >= 0.3 is 42.2 Å².